The fraction of sp³-hybridized carbons (Fsp3) is 0. The summed E-state index contributed by atoms with van der Waals surface area (Å²) < 4.78 is 31.1. The van der Waals surface area contributed by atoms with E-state index in [-0.39, 0.29) is 11.3 Å². The molecule has 0 amide bonds. The molecule has 6 heteroatoms. The molecule has 0 saturated heterocycles. The van der Waals surface area contributed by atoms with Crippen LogP contribution in [0.2, 0.25) is 0 Å². The third-order valence-electron chi connectivity index (χ3n) is 2.46. The molecule has 0 bridgehead atoms. The van der Waals surface area contributed by atoms with Gasteiger partial charge in [-0.05, 0) is 23.8 Å². The Bertz CT molecular complexity index is 674. The monoisotopic (exact) mass is 266 g/mol. The molecule has 0 aliphatic heterocycles. The van der Waals surface area contributed by atoms with Gasteiger partial charge < -0.3 is 10.2 Å². The number of phenols is 2. The number of aromatic hydroxyl groups is 2. The SMILES string of the molecule is O=S(=O)(O)c1cccc(-c2ccc(O)cc2)c1O. The smallest absolute Gasteiger partial charge is 0.298 e. The summed E-state index contributed by atoms with van der Waals surface area (Å²) in [5.74, 6) is -0.463. The predicted octanol–water partition coefficient (Wildman–Crippen LogP) is 2.01. The van der Waals surface area contributed by atoms with Gasteiger partial charge in [0.1, 0.15) is 16.4 Å². The Morgan fingerprint density at radius 3 is 2.06 bits per heavy atom. The lowest BCUT2D eigenvalue weighted by molar-refractivity contribution is 0.444. The van der Waals surface area contributed by atoms with Crippen LogP contribution in [0.5, 0.6) is 11.5 Å². The number of benzene rings is 2. The van der Waals surface area contributed by atoms with Gasteiger partial charge in [0.15, 0.2) is 0 Å². The van der Waals surface area contributed by atoms with Crippen LogP contribution in [0.15, 0.2) is 47.4 Å². The molecule has 2 rings (SSSR count). The van der Waals surface area contributed by atoms with Crippen molar-refractivity contribution in [3.05, 3.63) is 42.5 Å². The molecule has 0 aliphatic carbocycles. The molecule has 0 spiro atoms. The van der Waals surface area contributed by atoms with E-state index in [9.17, 15) is 13.5 Å². The Labute approximate surface area is 104 Å². The molecule has 0 heterocycles. The molecule has 94 valence electrons. The van der Waals surface area contributed by atoms with Crippen molar-refractivity contribution in [1.29, 1.82) is 0 Å². The summed E-state index contributed by atoms with van der Waals surface area (Å²) in [5.41, 5.74) is 0.779. The maximum absolute atomic E-state index is 11.0. The quantitative estimate of drug-likeness (QED) is 0.723. The van der Waals surface area contributed by atoms with Crippen LogP contribution in [-0.2, 0) is 10.1 Å². The number of para-hydroxylation sites is 1. The van der Waals surface area contributed by atoms with Crippen LogP contribution < -0.4 is 0 Å². The molecule has 0 fully saturated rings. The van der Waals surface area contributed by atoms with Crippen LogP contribution in [0.4, 0.5) is 0 Å². The van der Waals surface area contributed by atoms with E-state index in [0.29, 0.717) is 5.56 Å². The standard InChI is InChI=1S/C12H10O5S/c13-9-6-4-8(5-7-9)10-2-1-3-11(12(10)14)18(15,16)17/h1-7,13-14H,(H,15,16,17). The maximum Gasteiger partial charge on any atom is 0.298 e. The van der Waals surface area contributed by atoms with Gasteiger partial charge in [-0.25, -0.2) is 0 Å². The summed E-state index contributed by atoms with van der Waals surface area (Å²) in [6, 6.07) is 9.90. The van der Waals surface area contributed by atoms with Gasteiger partial charge in [-0.2, -0.15) is 8.42 Å². The van der Waals surface area contributed by atoms with Crippen LogP contribution in [-0.4, -0.2) is 23.2 Å². The topological polar surface area (TPSA) is 94.8 Å². The van der Waals surface area contributed by atoms with Gasteiger partial charge >= 0.3 is 0 Å². The average molecular weight is 266 g/mol. The van der Waals surface area contributed by atoms with Gasteiger partial charge in [0, 0.05) is 5.56 Å². The maximum atomic E-state index is 11.0. The Kier molecular flexibility index (Phi) is 2.98. The molecule has 0 aromatic heterocycles. The molecular formula is C12H10O5S. The Morgan fingerprint density at radius 1 is 0.889 bits per heavy atom. The third-order valence-corrected chi connectivity index (χ3v) is 3.34. The molecule has 0 unspecified atom stereocenters. The Morgan fingerprint density at radius 2 is 1.50 bits per heavy atom. The van der Waals surface area contributed by atoms with Gasteiger partial charge in [0.25, 0.3) is 10.1 Å². The molecule has 2 aromatic carbocycles. The fourth-order valence-electron chi connectivity index (χ4n) is 1.60. The number of phenolic OH excluding ortho intramolecular Hbond substituents is 2. The summed E-state index contributed by atoms with van der Waals surface area (Å²) in [6.07, 6.45) is 0. The summed E-state index contributed by atoms with van der Waals surface area (Å²) in [7, 11) is -4.47. The van der Waals surface area contributed by atoms with E-state index >= 15 is 0 Å². The highest BCUT2D eigenvalue weighted by molar-refractivity contribution is 7.86. The minimum Gasteiger partial charge on any atom is -0.508 e. The largest absolute Gasteiger partial charge is 0.508 e. The van der Waals surface area contributed by atoms with Crippen molar-refractivity contribution >= 4 is 10.1 Å². The van der Waals surface area contributed by atoms with Gasteiger partial charge in [0.2, 0.25) is 0 Å². The molecule has 18 heavy (non-hydrogen) atoms. The Hall–Kier alpha value is -2.05. The highest BCUT2D eigenvalue weighted by Gasteiger charge is 2.18. The van der Waals surface area contributed by atoms with E-state index in [1.807, 2.05) is 0 Å². The second-order valence-electron chi connectivity index (χ2n) is 3.67. The predicted molar refractivity (Wildman–Crippen MR) is 65.0 cm³/mol. The molecule has 0 radical (unpaired) electrons. The van der Waals surface area contributed by atoms with Gasteiger partial charge in [0.05, 0.1) is 0 Å². The lowest BCUT2D eigenvalue weighted by Crippen LogP contribution is -1.99. The Balaban J connectivity index is 2.63. The molecule has 0 aliphatic rings. The van der Waals surface area contributed by atoms with Crippen molar-refractivity contribution in [1.82, 2.24) is 0 Å². The van der Waals surface area contributed by atoms with Gasteiger partial charge in [-0.3, -0.25) is 4.55 Å². The molecule has 5 nitrogen and oxygen atoms in total. The summed E-state index contributed by atoms with van der Waals surface area (Å²) >= 11 is 0. The van der Waals surface area contributed by atoms with Crippen molar-refractivity contribution in [2.75, 3.05) is 0 Å². The first-order valence-corrected chi connectivity index (χ1v) is 6.42. The third kappa shape index (κ3) is 2.29. The molecular weight excluding hydrogens is 256 g/mol. The summed E-state index contributed by atoms with van der Waals surface area (Å²) in [4.78, 5) is -0.548. The fourth-order valence-corrected chi connectivity index (χ4v) is 2.21. The van der Waals surface area contributed by atoms with E-state index in [2.05, 4.69) is 0 Å². The van der Waals surface area contributed by atoms with E-state index < -0.39 is 20.8 Å². The highest BCUT2D eigenvalue weighted by Crippen LogP contribution is 2.34. The van der Waals surface area contributed by atoms with Crippen molar-refractivity contribution in [2.24, 2.45) is 0 Å². The number of rotatable bonds is 2. The van der Waals surface area contributed by atoms with E-state index in [0.717, 1.165) is 6.07 Å². The van der Waals surface area contributed by atoms with Gasteiger partial charge in [-0.1, -0.05) is 24.3 Å². The van der Waals surface area contributed by atoms with Crippen LogP contribution in [0, 0.1) is 0 Å². The summed E-state index contributed by atoms with van der Waals surface area (Å²) in [5, 5.41) is 19.0. The minimum absolute atomic E-state index is 0.0594. The zero-order valence-electron chi connectivity index (χ0n) is 9.11. The molecule has 0 atom stereocenters. The highest BCUT2D eigenvalue weighted by atomic mass is 32.2. The lowest BCUT2D eigenvalue weighted by atomic mass is 10.0. The van der Waals surface area contributed by atoms with Crippen molar-refractivity contribution < 1.29 is 23.2 Å². The van der Waals surface area contributed by atoms with Crippen molar-refractivity contribution in [2.45, 2.75) is 4.90 Å². The zero-order valence-corrected chi connectivity index (χ0v) is 9.92. The van der Waals surface area contributed by atoms with E-state index in [1.165, 1.54) is 36.4 Å². The van der Waals surface area contributed by atoms with Crippen molar-refractivity contribution in [3.8, 4) is 22.6 Å². The first-order valence-electron chi connectivity index (χ1n) is 4.98. The van der Waals surface area contributed by atoms with Crippen LogP contribution in [0.25, 0.3) is 11.1 Å². The number of hydrogen-bond donors (Lipinski definition) is 3. The zero-order chi connectivity index (χ0) is 13.3. The first-order chi connectivity index (χ1) is 8.39. The molecule has 2 aromatic rings. The second-order valence-corrected chi connectivity index (χ2v) is 5.06. The lowest BCUT2D eigenvalue weighted by Gasteiger charge is -2.08. The van der Waals surface area contributed by atoms with E-state index in [1.54, 1.807) is 0 Å². The first kappa shape index (κ1) is 12.4. The normalized spacial score (nSPS) is 11.4. The number of hydrogen-bond acceptors (Lipinski definition) is 4. The molecule has 0 saturated carbocycles. The second kappa shape index (κ2) is 4.32. The van der Waals surface area contributed by atoms with Crippen LogP contribution in [0.1, 0.15) is 0 Å². The van der Waals surface area contributed by atoms with Crippen molar-refractivity contribution in [3.63, 3.8) is 0 Å². The molecule has 3 N–H and O–H groups in total. The van der Waals surface area contributed by atoms with E-state index in [4.69, 9.17) is 9.66 Å². The average Bonchev–Trinajstić information content (AvgIpc) is 2.29. The van der Waals surface area contributed by atoms with Crippen LogP contribution in [0.3, 0.4) is 0 Å². The van der Waals surface area contributed by atoms with Crippen LogP contribution >= 0.6 is 0 Å². The minimum atomic E-state index is -4.47. The van der Waals surface area contributed by atoms with Gasteiger partial charge in [-0.15, -0.1) is 0 Å². The summed E-state index contributed by atoms with van der Waals surface area (Å²) in [6.45, 7) is 0.